The molecule has 2 N–H and O–H groups in total. The van der Waals surface area contributed by atoms with Crippen LogP contribution in [0.4, 0.5) is 0 Å². The zero-order valence-corrected chi connectivity index (χ0v) is 14.6. The van der Waals surface area contributed by atoms with E-state index in [1.54, 1.807) is 6.08 Å². The van der Waals surface area contributed by atoms with Gasteiger partial charge in [-0.2, -0.15) is 0 Å². The number of hydrogen-bond donors (Lipinski definition) is 2. The van der Waals surface area contributed by atoms with Crippen LogP contribution in [-0.2, 0) is 9.59 Å². The largest absolute Gasteiger partial charge is 0.481 e. The molecule has 0 saturated carbocycles. The van der Waals surface area contributed by atoms with Gasteiger partial charge < -0.3 is 10.2 Å². The van der Waals surface area contributed by atoms with E-state index in [2.05, 4.69) is 6.92 Å². The Morgan fingerprint density at radius 3 is 2.79 bits per heavy atom. The molecule has 134 valence electrons. The number of aliphatic carboxylic acids is 1. The molecular weight excluding hydrogens is 304 g/mol. The van der Waals surface area contributed by atoms with E-state index < -0.39 is 5.97 Å². The average molecular weight is 334 g/mol. The van der Waals surface area contributed by atoms with Crippen molar-refractivity contribution in [3.8, 4) is 0 Å². The number of aliphatic hydroxyl groups is 1. The normalized spacial score (nSPS) is 20.3. The SMILES string of the molecule is CCCCC[C@@H](O)C/C=C1/C(=O)C=C[C@H]1C/C=C\CCCC(=O)O. The predicted octanol–water partition coefficient (Wildman–Crippen LogP) is 4.20. The fourth-order valence-corrected chi connectivity index (χ4v) is 2.79. The van der Waals surface area contributed by atoms with Crippen LogP contribution in [0.15, 0.2) is 36.0 Å². The van der Waals surface area contributed by atoms with Crippen LogP contribution < -0.4 is 0 Å². The fourth-order valence-electron chi connectivity index (χ4n) is 2.79. The van der Waals surface area contributed by atoms with Crippen LogP contribution in [0.3, 0.4) is 0 Å². The highest BCUT2D eigenvalue weighted by Gasteiger charge is 2.21. The first kappa shape index (κ1) is 20.4. The van der Waals surface area contributed by atoms with Gasteiger partial charge in [0.2, 0.25) is 0 Å². The standard InChI is InChI=1S/C20H30O4/c1-2-3-6-10-17(21)13-14-18-16(12-15-19(18)22)9-7-4-5-8-11-20(23)24/h4,7,12,14-17,21H,2-3,5-6,8-11,13H2,1H3,(H,23,24)/b7-4-,18-14+/t16-,17-/m1/s1. The van der Waals surface area contributed by atoms with Crippen LogP contribution in [0.5, 0.6) is 0 Å². The summed E-state index contributed by atoms with van der Waals surface area (Å²) in [6.07, 6.45) is 16.0. The second-order valence-electron chi connectivity index (χ2n) is 6.37. The Bertz CT molecular complexity index is 488. The molecule has 4 nitrogen and oxygen atoms in total. The second kappa shape index (κ2) is 11.8. The first-order valence-electron chi connectivity index (χ1n) is 9.02. The third-order valence-electron chi connectivity index (χ3n) is 4.23. The minimum atomic E-state index is -0.768. The summed E-state index contributed by atoms with van der Waals surface area (Å²) in [6, 6.07) is 0. The van der Waals surface area contributed by atoms with Crippen molar-refractivity contribution in [2.24, 2.45) is 5.92 Å². The maximum absolute atomic E-state index is 11.9. The number of unbranched alkanes of at least 4 members (excludes halogenated alkanes) is 3. The van der Waals surface area contributed by atoms with Crippen molar-refractivity contribution in [3.05, 3.63) is 36.0 Å². The van der Waals surface area contributed by atoms with Crippen LogP contribution in [0.1, 0.15) is 64.7 Å². The lowest BCUT2D eigenvalue weighted by molar-refractivity contribution is -0.137. The molecule has 4 heteroatoms. The summed E-state index contributed by atoms with van der Waals surface area (Å²) in [5.74, 6) is -0.647. The van der Waals surface area contributed by atoms with Crippen LogP contribution in [-0.4, -0.2) is 28.1 Å². The monoisotopic (exact) mass is 334 g/mol. The van der Waals surface area contributed by atoms with Gasteiger partial charge in [-0.25, -0.2) is 0 Å². The van der Waals surface area contributed by atoms with Gasteiger partial charge in [0.15, 0.2) is 5.78 Å². The number of ketones is 1. The summed E-state index contributed by atoms with van der Waals surface area (Å²) in [6.45, 7) is 2.14. The van der Waals surface area contributed by atoms with E-state index >= 15 is 0 Å². The quantitative estimate of drug-likeness (QED) is 0.319. The molecule has 0 aromatic rings. The molecule has 0 heterocycles. The van der Waals surface area contributed by atoms with E-state index in [9.17, 15) is 14.7 Å². The van der Waals surface area contributed by atoms with Gasteiger partial charge >= 0.3 is 5.97 Å². The Hall–Kier alpha value is -1.68. The summed E-state index contributed by atoms with van der Waals surface area (Å²) in [7, 11) is 0. The second-order valence-corrected chi connectivity index (χ2v) is 6.37. The van der Waals surface area contributed by atoms with Crippen LogP contribution in [0.25, 0.3) is 0 Å². The van der Waals surface area contributed by atoms with Gasteiger partial charge in [0.05, 0.1) is 6.10 Å². The molecule has 1 aliphatic rings. The van der Waals surface area contributed by atoms with Gasteiger partial charge in [-0.15, -0.1) is 0 Å². The Balaban J connectivity index is 2.39. The molecule has 2 atom stereocenters. The third kappa shape index (κ3) is 8.25. The Kier molecular flexibility index (Phi) is 10.0. The molecule has 1 aliphatic carbocycles. The summed E-state index contributed by atoms with van der Waals surface area (Å²) < 4.78 is 0. The molecular formula is C20H30O4. The van der Waals surface area contributed by atoms with Gasteiger partial charge in [-0.05, 0) is 38.2 Å². The van der Waals surface area contributed by atoms with Gasteiger partial charge in [0, 0.05) is 17.9 Å². The zero-order chi connectivity index (χ0) is 17.8. The first-order valence-corrected chi connectivity index (χ1v) is 9.02. The maximum atomic E-state index is 11.9. The minimum absolute atomic E-state index is 0.0417. The average Bonchev–Trinajstić information content (AvgIpc) is 2.89. The Morgan fingerprint density at radius 2 is 2.08 bits per heavy atom. The van der Waals surface area contributed by atoms with E-state index in [0.29, 0.717) is 12.8 Å². The highest BCUT2D eigenvalue weighted by Crippen LogP contribution is 2.26. The predicted molar refractivity (Wildman–Crippen MR) is 95.7 cm³/mol. The topological polar surface area (TPSA) is 74.6 Å². The molecule has 0 bridgehead atoms. The van der Waals surface area contributed by atoms with E-state index in [1.165, 1.54) is 0 Å². The minimum Gasteiger partial charge on any atom is -0.481 e. The summed E-state index contributed by atoms with van der Waals surface area (Å²) >= 11 is 0. The van der Waals surface area contributed by atoms with E-state index in [1.807, 2.05) is 24.3 Å². The molecule has 0 aromatic carbocycles. The number of carboxylic acid groups (broad SMARTS) is 1. The fraction of sp³-hybridized carbons (Fsp3) is 0.600. The number of aliphatic hydroxyl groups excluding tert-OH is 1. The van der Waals surface area contributed by atoms with Gasteiger partial charge in [-0.3, -0.25) is 9.59 Å². The molecule has 0 aliphatic heterocycles. The molecule has 0 fully saturated rings. The molecule has 0 amide bonds. The highest BCUT2D eigenvalue weighted by atomic mass is 16.4. The van der Waals surface area contributed by atoms with E-state index in [0.717, 1.165) is 44.1 Å². The lowest BCUT2D eigenvalue weighted by Gasteiger charge is -2.11. The maximum Gasteiger partial charge on any atom is 0.303 e. The number of rotatable bonds is 12. The van der Waals surface area contributed by atoms with Crippen molar-refractivity contribution in [1.29, 1.82) is 0 Å². The zero-order valence-electron chi connectivity index (χ0n) is 14.6. The Labute approximate surface area is 145 Å². The number of allylic oxidation sites excluding steroid dienone is 5. The summed E-state index contributed by atoms with van der Waals surface area (Å²) in [5.41, 5.74) is 0.778. The molecule has 0 radical (unpaired) electrons. The van der Waals surface area contributed by atoms with Crippen LogP contribution >= 0.6 is 0 Å². The number of carbonyl (C=O) groups is 2. The van der Waals surface area contributed by atoms with E-state index in [-0.39, 0.29) is 24.2 Å². The lowest BCUT2D eigenvalue weighted by atomic mass is 9.95. The van der Waals surface area contributed by atoms with Gasteiger partial charge in [-0.1, -0.05) is 50.5 Å². The molecule has 24 heavy (non-hydrogen) atoms. The van der Waals surface area contributed by atoms with Crippen molar-refractivity contribution >= 4 is 11.8 Å². The number of carbonyl (C=O) groups excluding carboxylic acids is 1. The smallest absolute Gasteiger partial charge is 0.303 e. The number of carboxylic acids is 1. The van der Waals surface area contributed by atoms with E-state index in [4.69, 9.17) is 5.11 Å². The van der Waals surface area contributed by atoms with Crippen molar-refractivity contribution in [3.63, 3.8) is 0 Å². The lowest BCUT2D eigenvalue weighted by Crippen LogP contribution is -2.08. The summed E-state index contributed by atoms with van der Waals surface area (Å²) in [4.78, 5) is 22.4. The molecule has 0 saturated heterocycles. The molecule has 0 aromatic heterocycles. The highest BCUT2D eigenvalue weighted by molar-refractivity contribution is 6.07. The Morgan fingerprint density at radius 1 is 1.29 bits per heavy atom. The van der Waals surface area contributed by atoms with Crippen molar-refractivity contribution < 1.29 is 19.8 Å². The van der Waals surface area contributed by atoms with Crippen molar-refractivity contribution in [2.45, 2.75) is 70.8 Å². The molecule has 0 spiro atoms. The number of hydrogen-bond acceptors (Lipinski definition) is 3. The van der Waals surface area contributed by atoms with Crippen molar-refractivity contribution in [1.82, 2.24) is 0 Å². The van der Waals surface area contributed by atoms with Crippen LogP contribution in [0.2, 0.25) is 0 Å². The first-order chi connectivity index (χ1) is 11.5. The molecule has 1 rings (SSSR count). The van der Waals surface area contributed by atoms with Crippen LogP contribution in [0, 0.1) is 5.92 Å². The summed E-state index contributed by atoms with van der Waals surface area (Å²) in [5, 5.41) is 18.6. The van der Waals surface area contributed by atoms with Gasteiger partial charge in [0.1, 0.15) is 0 Å². The van der Waals surface area contributed by atoms with Crippen molar-refractivity contribution in [2.75, 3.05) is 0 Å². The molecule has 0 unspecified atom stereocenters. The third-order valence-corrected chi connectivity index (χ3v) is 4.23. The van der Waals surface area contributed by atoms with Gasteiger partial charge in [0.25, 0.3) is 0 Å².